The molecule has 5 aromatic carbocycles. The van der Waals surface area contributed by atoms with Crippen molar-refractivity contribution in [2.45, 2.75) is 0 Å². The molecule has 0 atom stereocenters. The van der Waals surface area contributed by atoms with Crippen molar-refractivity contribution in [3.05, 3.63) is 72.8 Å². The standard InChI is InChI=1S/C22H12/c1-2-6-16-15(5-1)14-11-13-9-10-19(16)22-18-8-4-3-7-17(18)20(12-14)21(13)22/h1-12H. The molecule has 0 heterocycles. The molecular formula is C22H12. The SMILES string of the molecule is c1ccc2c(c1)-c1cc3ccc-2c2c4ccccc4c(c1)c32. The van der Waals surface area contributed by atoms with E-state index in [0.29, 0.717) is 0 Å². The van der Waals surface area contributed by atoms with E-state index in [-0.39, 0.29) is 0 Å². The summed E-state index contributed by atoms with van der Waals surface area (Å²) in [5.41, 5.74) is 5.40. The molecule has 0 amide bonds. The maximum atomic E-state index is 2.37. The molecule has 0 aromatic heterocycles. The summed E-state index contributed by atoms with van der Waals surface area (Å²) in [6.45, 7) is 0. The first-order valence-corrected chi connectivity index (χ1v) is 7.72. The van der Waals surface area contributed by atoms with Crippen LogP contribution in [0.5, 0.6) is 0 Å². The van der Waals surface area contributed by atoms with Crippen LogP contribution >= 0.6 is 0 Å². The van der Waals surface area contributed by atoms with Crippen molar-refractivity contribution in [3.8, 4) is 22.3 Å². The topological polar surface area (TPSA) is 0 Å². The third-order valence-corrected chi connectivity index (χ3v) is 5.13. The van der Waals surface area contributed by atoms with Crippen LogP contribution in [0.4, 0.5) is 0 Å². The van der Waals surface area contributed by atoms with Crippen LogP contribution in [-0.4, -0.2) is 0 Å². The summed E-state index contributed by atoms with van der Waals surface area (Å²) in [5, 5.41) is 8.36. The Morgan fingerprint density at radius 3 is 2.14 bits per heavy atom. The maximum Gasteiger partial charge on any atom is -0.00141 e. The van der Waals surface area contributed by atoms with Crippen molar-refractivity contribution in [2.75, 3.05) is 0 Å². The maximum absolute atomic E-state index is 2.37. The Morgan fingerprint density at radius 2 is 1.23 bits per heavy atom. The van der Waals surface area contributed by atoms with Crippen LogP contribution in [0.3, 0.4) is 0 Å². The Morgan fingerprint density at radius 1 is 0.455 bits per heavy atom. The van der Waals surface area contributed by atoms with E-state index < -0.39 is 0 Å². The van der Waals surface area contributed by atoms with Gasteiger partial charge in [0.25, 0.3) is 0 Å². The molecule has 5 aromatic rings. The predicted octanol–water partition coefficient (Wildman–Crippen LogP) is 6.23. The van der Waals surface area contributed by atoms with Gasteiger partial charge in [-0.15, -0.1) is 0 Å². The monoisotopic (exact) mass is 276 g/mol. The van der Waals surface area contributed by atoms with Crippen LogP contribution in [0.2, 0.25) is 0 Å². The molecule has 0 spiro atoms. The summed E-state index contributed by atoms with van der Waals surface area (Å²) in [6, 6.07) is 26.9. The van der Waals surface area contributed by atoms with Crippen LogP contribution in [0.25, 0.3) is 54.6 Å². The quantitative estimate of drug-likeness (QED) is 0.308. The van der Waals surface area contributed by atoms with Crippen molar-refractivity contribution < 1.29 is 0 Å². The van der Waals surface area contributed by atoms with Gasteiger partial charge in [-0.2, -0.15) is 0 Å². The molecule has 0 saturated carbocycles. The third-order valence-electron chi connectivity index (χ3n) is 5.13. The summed E-state index contributed by atoms with van der Waals surface area (Å²) in [4.78, 5) is 0. The van der Waals surface area contributed by atoms with E-state index in [1.54, 1.807) is 0 Å². The van der Waals surface area contributed by atoms with Gasteiger partial charge in [-0.25, -0.2) is 0 Å². The molecule has 0 nitrogen and oxygen atoms in total. The molecule has 22 heavy (non-hydrogen) atoms. The summed E-state index contributed by atoms with van der Waals surface area (Å²) in [6.07, 6.45) is 0. The molecule has 8 rings (SSSR count). The second-order valence-corrected chi connectivity index (χ2v) is 6.20. The number of hydrogen-bond acceptors (Lipinski definition) is 0. The summed E-state index contributed by atoms with van der Waals surface area (Å²) in [5.74, 6) is 0. The zero-order valence-electron chi connectivity index (χ0n) is 11.9. The van der Waals surface area contributed by atoms with Crippen LogP contribution in [0.15, 0.2) is 72.8 Å². The molecule has 3 aliphatic rings. The molecule has 100 valence electrons. The van der Waals surface area contributed by atoms with Gasteiger partial charge in [0.15, 0.2) is 0 Å². The highest BCUT2D eigenvalue weighted by atomic mass is 14.2. The Bertz CT molecular complexity index is 1210. The van der Waals surface area contributed by atoms with Gasteiger partial charge in [0, 0.05) is 0 Å². The summed E-state index contributed by atoms with van der Waals surface area (Å²) >= 11 is 0. The fraction of sp³-hybridized carbons (Fsp3) is 0. The smallest absolute Gasteiger partial charge is 0.00141 e. The first kappa shape index (κ1) is 10.8. The molecule has 0 aliphatic heterocycles. The fourth-order valence-corrected chi connectivity index (χ4v) is 4.24. The average Bonchev–Trinajstić information content (AvgIpc) is 2.91. The highest BCUT2D eigenvalue weighted by molar-refractivity contribution is 6.35. The summed E-state index contributed by atoms with van der Waals surface area (Å²) < 4.78 is 0. The van der Waals surface area contributed by atoms with E-state index in [2.05, 4.69) is 72.8 Å². The molecule has 0 N–H and O–H groups in total. The van der Waals surface area contributed by atoms with E-state index in [1.165, 1.54) is 54.6 Å². The lowest BCUT2D eigenvalue weighted by atomic mass is 9.86. The molecule has 3 aliphatic carbocycles. The minimum absolute atomic E-state index is 1.34. The normalized spacial score (nSPS) is 12.5. The van der Waals surface area contributed by atoms with Crippen LogP contribution in [0, 0.1) is 0 Å². The summed E-state index contributed by atoms with van der Waals surface area (Å²) in [7, 11) is 0. The van der Waals surface area contributed by atoms with E-state index in [0.717, 1.165) is 0 Å². The van der Waals surface area contributed by atoms with E-state index in [4.69, 9.17) is 0 Å². The van der Waals surface area contributed by atoms with Crippen LogP contribution in [-0.2, 0) is 0 Å². The van der Waals surface area contributed by atoms with Crippen molar-refractivity contribution >= 4 is 32.3 Å². The largest absolute Gasteiger partial charge is 0.0616 e. The lowest BCUT2D eigenvalue weighted by molar-refractivity contribution is 1.62. The molecule has 0 fully saturated rings. The first-order valence-electron chi connectivity index (χ1n) is 7.72. The van der Waals surface area contributed by atoms with Gasteiger partial charge in [-0.1, -0.05) is 60.7 Å². The van der Waals surface area contributed by atoms with E-state index >= 15 is 0 Å². The molecule has 0 heteroatoms. The lowest BCUT2D eigenvalue weighted by Crippen LogP contribution is -1.90. The van der Waals surface area contributed by atoms with Crippen LogP contribution in [0.1, 0.15) is 0 Å². The van der Waals surface area contributed by atoms with Gasteiger partial charge in [-0.05, 0) is 66.7 Å². The Labute approximate surface area is 128 Å². The molecule has 0 saturated heterocycles. The molecule has 6 bridgehead atoms. The van der Waals surface area contributed by atoms with Gasteiger partial charge < -0.3 is 0 Å². The molecule has 0 unspecified atom stereocenters. The second-order valence-electron chi connectivity index (χ2n) is 6.20. The zero-order valence-corrected chi connectivity index (χ0v) is 11.9. The zero-order chi connectivity index (χ0) is 14.3. The molecule has 0 radical (unpaired) electrons. The van der Waals surface area contributed by atoms with Crippen molar-refractivity contribution in [3.63, 3.8) is 0 Å². The van der Waals surface area contributed by atoms with Gasteiger partial charge in [0.2, 0.25) is 0 Å². The molecular weight excluding hydrogens is 264 g/mol. The van der Waals surface area contributed by atoms with Crippen molar-refractivity contribution in [1.29, 1.82) is 0 Å². The van der Waals surface area contributed by atoms with Crippen LogP contribution < -0.4 is 0 Å². The highest BCUT2D eigenvalue weighted by Gasteiger charge is 2.21. The van der Waals surface area contributed by atoms with Gasteiger partial charge in [-0.3, -0.25) is 0 Å². The Balaban J connectivity index is 2.09. The average molecular weight is 276 g/mol. The van der Waals surface area contributed by atoms with Gasteiger partial charge >= 0.3 is 0 Å². The van der Waals surface area contributed by atoms with E-state index in [9.17, 15) is 0 Å². The fourth-order valence-electron chi connectivity index (χ4n) is 4.24. The number of benzene rings is 4. The van der Waals surface area contributed by atoms with Gasteiger partial charge in [0.1, 0.15) is 0 Å². The number of hydrogen-bond donors (Lipinski definition) is 0. The minimum atomic E-state index is 1.34. The Kier molecular flexibility index (Phi) is 1.71. The number of fused-ring (bicyclic) bond motifs is 2. The predicted molar refractivity (Wildman–Crippen MR) is 94.6 cm³/mol. The Hall–Kier alpha value is -2.86. The van der Waals surface area contributed by atoms with Crippen molar-refractivity contribution in [2.24, 2.45) is 0 Å². The third kappa shape index (κ3) is 1.09. The minimum Gasteiger partial charge on any atom is -0.0616 e. The lowest BCUT2D eigenvalue weighted by Gasteiger charge is -2.17. The van der Waals surface area contributed by atoms with E-state index in [1.807, 2.05) is 0 Å². The number of rotatable bonds is 0. The van der Waals surface area contributed by atoms with Crippen molar-refractivity contribution in [1.82, 2.24) is 0 Å². The highest BCUT2D eigenvalue weighted by Crippen LogP contribution is 2.49. The van der Waals surface area contributed by atoms with Gasteiger partial charge in [0.05, 0.1) is 0 Å². The second kappa shape index (κ2) is 3.48. The first-order chi connectivity index (χ1) is 10.9.